The molecular formula is C8H10F3N3O2. The molecule has 16 heavy (non-hydrogen) atoms. The summed E-state index contributed by atoms with van der Waals surface area (Å²) in [7, 11) is 0. The highest BCUT2D eigenvalue weighted by Crippen LogP contribution is 2.26. The van der Waals surface area contributed by atoms with Crippen LogP contribution in [0.2, 0.25) is 0 Å². The van der Waals surface area contributed by atoms with E-state index in [1.165, 1.54) is 0 Å². The minimum atomic E-state index is -4.84. The molecule has 0 aliphatic rings. The van der Waals surface area contributed by atoms with E-state index in [-0.39, 0.29) is 23.5 Å². The zero-order chi connectivity index (χ0) is 12.3. The lowest BCUT2D eigenvalue weighted by molar-refractivity contribution is -0.276. The molecule has 0 fully saturated rings. The van der Waals surface area contributed by atoms with Gasteiger partial charge >= 0.3 is 6.36 Å². The third-order valence-corrected chi connectivity index (χ3v) is 1.79. The molecule has 0 amide bonds. The summed E-state index contributed by atoms with van der Waals surface area (Å²) < 4.78 is 39.3. The fraction of sp³-hybridized carbons (Fsp3) is 0.375. The molecule has 1 rings (SSSR count). The first-order valence-electron chi connectivity index (χ1n) is 4.22. The molecule has 1 heterocycles. The predicted molar refractivity (Wildman–Crippen MR) is 49.1 cm³/mol. The summed E-state index contributed by atoms with van der Waals surface area (Å²) in [6, 6.07) is 0.887. The molecule has 0 aliphatic heterocycles. The SMILES string of the molecule is NCc1nc(OC(F)(F)F)cc(N)c1CO. The van der Waals surface area contributed by atoms with Gasteiger partial charge in [-0.25, -0.2) is 4.98 Å². The summed E-state index contributed by atoms with van der Waals surface area (Å²) in [5.74, 6) is -0.692. The van der Waals surface area contributed by atoms with Gasteiger partial charge in [-0.2, -0.15) is 0 Å². The normalized spacial score (nSPS) is 11.6. The maximum absolute atomic E-state index is 11.9. The number of halogens is 3. The third-order valence-electron chi connectivity index (χ3n) is 1.79. The van der Waals surface area contributed by atoms with E-state index >= 15 is 0 Å². The van der Waals surface area contributed by atoms with Gasteiger partial charge in [-0.05, 0) is 0 Å². The van der Waals surface area contributed by atoms with Crippen LogP contribution in [0.4, 0.5) is 18.9 Å². The lowest BCUT2D eigenvalue weighted by Gasteiger charge is -2.12. The monoisotopic (exact) mass is 237 g/mol. The van der Waals surface area contributed by atoms with Crippen LogP contribution in [-0.2, 0) is 13.2 Å². The standard InChI is InChI=1S/C8H10F3N3O2/c9-8(10,11)16-7-1-5(13)4(3-15)6(2-12)14-7/h1,15H,2-3,12H2,(H2,13,14). The van der Waals surface area contributed by atoms with Gasteiger partial charge in [-0.3, -0.25) is 0 Å². The number of hydrogen-bond acceptors (Lipinski definition) is 5. The zero-order valence-electron chi connectivity index (χ0n) is 8.08. The first-order chi connectivity index (χ1) is 7.37. The van der Waals surface area contributed by atoms with E-state index in [4.69, 9.17) is 16.6 Å². The smallest absolute Gasteiger partial charge is 0.398 e. The minimum absolute atomic E-state index is 0.0443. The van der Waals surface area contributed by atoms with Crippen molar-refractivity contribution in [3.05, 3.63) is 17.3 Å². The summed E-state index contributed by atoms with van der Waals surface area (Å²) in [4.78, 5) is 3.50. The number of nitrogen functional groups attached to an aromatic ring is 1. The second kappa shape index (κ2) is 4.54. The van der Waals surface area contributed by atoms with Crippen molar-refractivity contribution in [3.8, 4) is 5.88 Å². The van der Waals surface area contributed by atoms with E-state index in [0.717, 1.165) is 6.07 Å². The Bertz CT molecular complexity index is 382. The van der Waals surface area contributed by atoms with Crippen LogP contribution in [0.1, 0.15) is 11.3 Å². The molecule has 0 spiro atoms. The highest BCUT2D eigenvalue weighted by Gasteiger charge is 2.32. The Hall–Kier alpha value is -1.54. The molecule has 0 aromatic carbocycles. The molecule has 5 nitrogen and oxygen atoms in total. The number of hydrogen-bond donors (Lipinski definition) is 3. The Morgan fingerprint density at radius 1 is 1.44 bits per heavy atom. The van der Waals surface area contributed by atoms with Crippen molar-refractivity contribution in [3.63, 3.8) is 0 Å². The number of alkyl halides is 3. The largest absolute Gasteiger partial charge is 0.574 e. The molecule has 1 aromatic heterocycles. The van der Waals surface area contributed by atoms with Gasteiger partial charge in [0.25, 0.3) is 0 Å². The number of aliphatic hydroxyl groups is 1. The van der Waals surface area contributed by atoms with Crippen molar-refractivity contribution in [2.24, 2.45) is 5.73 Å². The lowest BCUT2D eigenvalue weighted by Crippen LogP contribution is -2.19. The minimum Gasteiger partial charge on any atom is -0.398 e. The van der Waals surface area contributed by atoms with Gasteiger partial charge in [0.1, 0.15) is 0 Å². The molecule has 0 radical (unpaired) electrons. The summed E-state index contributed by atoms with van der Waals surface area (Å²) in [5, 5.41) is 8.92. The summed E-state index contributed by atoms with van der Waals surface area (Å²) in [5.41, 5.74) is 10.9. The third kappa shape index (κ3) is 2.97. The van der Waals surface area contributed by atoms with Crippen molar-refractivity contribution in [2.75, 3.05) is 5.73 Å². The second-order valence-electron chi connectivity index (χ2n) is 2.89. The van der Waals surface area contributed by atoms with E-state index in [2.05, 4.69) is 9.72 Å². The van der Waals surface area contributed by atoms with Gasteiger partial charge in [0.2, 0.25) is 5.88 Å². The lowest BCUT2D eigenvalue weighted by atomic mass is 10.1. The molecule has 0 atom stereocenters. The number of aliphatic hydroxyl groups excluding tert-OH is 1. The molecule has 0 aliphatic carbocycles. The van der Waals surface area contributed by atoms with E-state index in [9.17, 15) is 13.2 Å². The first-order valence-corrected chi connectivity index (χ1v) is 4.22. The van der Waals surface area contributed by atoms with Crippen LogP contribution in [0, 0.1) is 0 Å². The van der Waals surface area contributed by atoms with Gasteiger partial charge in [0, 0.05) is 23.9 Å². The quantitative estimate of drug-likeness (QED) is 0.712. The highest BCUT2D eigenvalue weighted by molar-refractivity contribution is 5.51. The number of anilines is 1. The maximum atomic E-state index is 11.9. The van der Waals surface area contributed by atoms with E-state index < -0.39 is 18.8 Å². The fourth-order valence-corrected chi connectivity index (χ4v) is 1.14. The Balaban J connectivity index is 3.10. The van der Waals surface area contributed by atoms with Crippen LogP contribution in [-0.4, -0.2) is 16.5 Å². The fourth-order valence-electron chi connectivity index (χ4n) is 1.14. The van der Waals surface area contributed by atoms with Crippen molar-refractivity contribution >= 4 is 5.69 Å². The van der Waals surface area contributed by atoms with Gasteiger partial charge in [-0.1, -0.05) is 0 Å². The summed E-state index contributed by atoms with van der Waals surface area (Å²) >= 11 is 0. The predicted octanol–water partition coefficient (Wildman–Crippen LogP) is 0.513. The van der Waals surface area contributed by atoms with E-state index in [1.807, 2.05) is 0 Å². The van der Waals surface area contributed by atoms with Crippen LogP contribution < -0.4 is 16.2 Å². The Morgan fingerprint density at radius 2 is 2.06 bits per heavy atom. The van der Waals surface area contributed by atoms with Gasteiger partial charge in [0.15, 0.2) is 0 Å². The molecule has 0 bridgehead atoms. The number of nitrogens with zero attached hydrogens (tertiary/aromatic N) is 1. The molecule has 5 N–H and O–H groups in total. The number of nitrogens with two attached hydrogens (primary N) is 2. The molecule has 90 valence electrons. The average molecular weight is 237 g/mol. The molecule has 0 saturated carbocycles. The maximum Gasteiger partial charge on any atom is 0.574 e. The van der Waals surface area contributed by atoms with Crippen molar-refractivity contribution in [2.45, 2.75) is 19.5 Å². The van der Waals surface area contributed by atoms with Gasteiger partial charge in [-0.15, -0.1) is 13.2 Å². The molecule has 0 saturated heterocycles. The average Bonchev–Trinajstić information content (AvgIpc) is 2.14. The van der Waals surface area contributed by atoms with Gasteiger partial charge in [0.05, 0.1) is 12.3 Å². The summed E-state index contributed by atoms with van der Waals surface area (Å²) in [6.45, 7) is -0.590. The Kier molecular flexibility index (Phi) is 3.55. The molecular weight excluding hydrogens is 227 g/mol. The second-order valence-corrected chi connectivity index (χ2v) is 2.89. The molecule has 0 unspecified atom stereocenters. The highest BCUT2D eigenvalue weighted by atomic mass is 19.4. The zero-order valence-corrected chi connectivity index (χ0v) is 8.08. The number of pyridine rings is 1. The van der Waals surface area contributed by atoms with Crippen molar-refractivity contribution in [1.29, 1.82) is 0 Å². The van der Waals surface area contributed by atoms with Crippen molar-refractivity contribution in [1.82, 2.24) is 4.98 Å². The topological polar surface area (TPSA) is 94.4 Å². The first kappa shape index (κ1) is 12.5. The van der Waals surface area contributed by atoms with Crippen LogP contribution in [0.3, 0.4) is 0 Å². The van der Waals surface area contributed by atoms with Gasteiger partial charge < -0.3 is 21.3 Å². The molecule has 1 aromatic rings. The number of rotatable bonds is 3. The van der Waals surface area contributed by atoms with Crippen LogP contribution in [0.15, 0.2) is 6.07 Å². The van der Waals surface area contributed by atoms with Crippen LogP contribution in [0.5, 0.6) is 5.88 Å². The van der Waals surface area contributed by atoms with Crippen LogP contribution >= 0.6 is 0 Å². The summed E-state index contributed by atoms with van der Waals surface area (Å²) in [6.07, 6.45) is -4.84. The van der Waals surface area contributed by atoms with Crippen LogP contribution in [0.25, 0.3) is 0 Å². The van der Waals surface area contributed by atoms with Crippen molar-refractivity contribution < 1.29 is 23.0 Å². The Labute approximate surface area is 88.8 Å². The van der Waals surface area contributed by atoms with E-state index in [0.29, 0.717) is 0 Å². The Morgan fingerprint density at radius 3 is 2.50 bits per heavy atom. The number of aromatic nitrogens is 1. The molecule has 8 heteroatoms. The van der Waals surface area contributed by atoms with E-state index in [1.54, 1.807) is 0 Å². The number of ether oxygens (including phenoxy) is 1.